The highest BCUT2D eigenvalue weighted by atomic mass is 16.5. The molecule has 0 amide bonds. The lowest BCUT2D eigenvalue weighted by Gasteiger charge is -1.92. The van der Waals surface area contributed by atoms with Crippen LogP contribution in [0, 0.1) is 5.92 Å². The van der Waals surface area contributed by atoms with E-state index in [1.165, 1.54) is 12.8 Å². The molecule has 1 aliphatic carbocycles. The van der Waals surface area contributed by atoms with Crippen molar-refractivity contribution in [1.82, 2.24) is 10.1 Å². The maximum absolute atomic E-state index is 5.63. The number of nitrogens with two attached hydrogens (primary N) is 1. The predicted octanol–water partition coefficient (Wildman–Crippen LogP) is 1.60. The van der Waals surface area contributed by atoms with Crippen molar-refractivity contribution in [2.75, 3.05) is 0 Å². The summed E-state index contributed by atoms with van der Waals surface area (Å²) in [5, 5.41) is 3.83. The van der Waals surface area contributed by atoms with Gasteiger partial charge in [-0.15, -0.1) is 0 Å². The fraction of sp³-hybridized carbons (Fsp3) is 0.778. The van der Waals surface area contributed by atoms with E-state index < -0.39 is 0 Å². The highest BCUT2D eigenvalue weighted by Crippen LogP contribution is 2.48. The summed E-state index contributed by atoms with van der Waals surface area (Å²) in [6.07, 6.45) is 2.39. The molecule has 1 unspecified atom stereocenters. The van der Waals surface area contributed by atoms with E-state index in [1.807, 2.05) is 6.92 Å². The third-order valence-electron chi connectivity index (χ3n) is 2.63. The minimum atomic E-state index is -0.128. The van der Waals surface area contributed by atoms with Crippen LogP contribution in [0.25, 0.3) is 0 Å². The normalized spacial score (nSPS) is 28.8. The summed E-state index contributed by atoms with van der Waals surface area (Å²) in [6.45, 7) is 4.05. The van der Waals surface area contributed by atoms with Crippen LogP contribution in [0.2, 0.25) is 0 Å². The van der Waals surface area contributed by atoms with E-state index in [0.717, 1.165) is 11.8 Å². The van der Waals surface area contributed by atoms with Crippen molar-refractivity contribution in [2.24, 2.45) is 11.7 Å². The van der Waals surface area contributed by atoms with Crippen LogP contribution in [0.3, 0.4) is 0 Å². The molecule has 4 nitrogen and oxygen atoms in total. The third-order valence-corrected chi connectivity index (χ3v) is 2.63. The molecule has 13 heavy (non-hydrogen) atoms. The van der Waals surface area contributed by atoms with Crippen LogP contribution in [-0.4, -0.2) is 10.1 Å². The van der Waals surface area contributed by atoms with Crippen molar-refractivity contribution in [3.63, 3.8) is 0 Å². The topological polar surface area (TPSA) is 64.9 Å². The first-order chi connectivity index (χ1) is 6.22. The Kier molecular flexibility index (Phi) is 2.07. The first kappa shape index (κ1) is 8.69. The second-order valence-electron chi connectivity index (χ2n) is 3.79. The van der Waals surface area contributed by atoms with Crippen molar-refractivity contribution >= 4 is 0 Å². The van der Waals surface area contributed by atoms with Crippen molar-refractivity contribution < 1.29 is 4.52 Å². The fourth-order valence-electron chi connectivity index (χ4n) is 1.58. The lowest BCUT2D eigenvalue weighted by molar-refractivity contribution is 0.367. The second-order valence-corrected chi connectivity index (χ2v) is 3.79. The fourth-order valence-corrected chi connectivity index (χ4v) is 1.58. The Morgan fingerprint density at radius 3 is 2.92 bits per heavy atom. The van der Waals surface area contributed by atoms with Crippen LogP contribution in [0.1, 0.15) is 50.4 Å². The Bertz CT molecular complexity index is 295. The first-order valence-electron chi connectivity index (χ1n) is 4.81. The molecule has 0 spiro atoms. The molecule has 72 valence electrons. The summed E-state index contributed by atoms with van der Waals surface area (Å²) < 4.78 is 5.14. The van der Waals surface area contributed by atoms with Gasteiger partial charge in [0.15, 0.2) is 5.82 Å². The first-order valence-corrected chi connectivity index (χ1v) is 4.81. The Labute approximate surface area is 77.5 Å². The van der Waals surface area contributed by atoms with E-state index in [0.29, 0.717) is 11.7 Å². The molecule has 0 saturated heterocycles. The molecule has 0 radical (unpaired) electrons. The van der Waals surface area contributed by atoms with Crippen LogP contribution in [0.15, 0.2) is 4.52 Å². The Morgan fingerprint density at radius 2 is 2.46 bits per heavy atom. The molecule has 0 bridgehead atoms. The lowest BCUT2D eigenvalue weighted by atomic mass is 10.2. The molecule has 2 N–H and O–H groups in total. The van der Waals surface area contributed by atoms with Crippen molar-refractivity contribution in [1.29, 1.82) is 0 Å². The van der Waals surface area contributed by atoms with Gasteiger partial charge in [0.2, 0.25) is 5.89 Å². The smallest absolute Gasteiger partial charge is 0.230 e. The number of aromatic nitrogens is 2. The summed E-state index contributed by atoms with van der Waals surface area (Å²) in [5.41, 5.74) is 5.63. The molecule has 0 aliphatic heterocycles. The minimum Gasteiger partial charge on any atom is -0.339 e. The average Bonchev–Trinajstić information content (AvgIpc) is 2.73. The van der Waals surface area contributed by atoms with Gasteiger partial charge in [0.05, 0.1) is 6.04 Å². The van der Waals surface area contributed by atoms with E-state index in [1.54, 1.807) is 0 Å². The van der Waals surface area contributed by atoms with Gasteiger partial charge in [0.1, 0.15) is 0 Å². The highest BCUT2D eigenvalue weighted by Gasteiger charge is 2.41. The summed E-state index contributed by atoms with van der Waals surface area (Å²) >= 11 is 0. The predicted molar refractivity (Wildman–Crippen MR) is 48.0 cm³/mol. The lowest BCUT2D eigenvalue weighted by Crippen LogP contribution is -2.06. The van der Waals surface area contributed by atoms with Gasteiger partial charge in [-0.1, -0.05) is 18.5 Å². The molecular formula is C9H15N3O. The molecule has 3 atom stereocenters. The van der Waals surface area contributed by atoms with Gasteiger partial charge in [0.25, 0.3) is 0 Å². The van der Waals surface area contributed by atoms with E-state index in [4.69, 9.17) is 10.3 Å². The van der Waals surface area contributed by atoms with Crippen LogP contribution < -0.4 is 5.73 Å². The highest BCUT2D eigenvalue weighted by molar-refractivity contribution is 5.07. The van der Waals surface area contributed by atoms with Crippen LogP contribution >= 0.6 is 0 Å². The van der Waals surface area contributed by atoms with Crippen LogP contribution in [0.5, 0.6) is 0 Å². The number of hydrogen-bond donors (Lipinski definition) is 1. The number of nitrogens with zero attached hydrogens (tertiary/aromatic N) is 2. The molecule has 2 rings (SSSR count). The quantitative estimate of drug-likeness (QED) is 0.769. The van der Waals surface area contributed by atoms with Gasteiger partial charge in [-0.25, -0.2) is 0 Å². The van der Waals surface area contributed by atoms with Gasteiger partial charge in [0, 0.05) is 5.92 Å². The van der Waals surface area contributed by atoms with Crippen LogP contribution in [-0.2, 0) is 0 Å². The molecule has 0 aromatic carbocycles. The number of hydrogen-bond acceptors (Lipinski definition) is 4. The van der Waals surface area contributed by atoms with Gasteiger partial charge in [-0.2, -0.15) is 4.98 Å². The summed E-state index contributed by atoms with van der Waals surface area (Å²) in [7, 11) is 0. The standard InChI is InChI=1S/C9H15N3O/c1-3-6-4-7(6)9-11-8(5(2)10)12-13-9/h5-7H,3-4,10H2,1-2H3/t5?,6-,7-/m1/s1. The Morgan fingerprint density at radius 1 is 1.69 bits per heavy atom. The zero-order valence-corrected chi connectivity index (χ0v) is 8.03. The SMILES string of the molecule is CC[C@@H]1C[C@H]1c1nc(C(C)N)no1. The molecule has 1 heterocycles. The van der Waals surface area contributed by atoms with Crippen molar-refractivity contribution in [2.45, 2.75) is 38.6 Å². The molecule has 1 aliphatic rings. The Balaban J connectivity index is 2.07. The zero-order chi connectivity index (χ0) is 9.42. The molecule has 1 fully saturated rings. The number of rotatable bonds is 3. The second kappa shape index (κ2) is 3.10. The summed E-state index contributed by atoms with van der Waals surface area (Å²) in [5.74, 6) is 2.65. The average molecular weight is 181 g/mol. The summed E-state index contributed by atoms with van der Waals surface area (Å²) in [4.78, 5) is 4.27. The van der Waals surface area contributed by atoms with Gasteiger partial charge >= 0.3 is 0 Å². The largest absolute Gasteiger partial charge is 0.339 e. The molecule has 1 aromatic heterocycles. The van der Waals surface area contributed by atoms with E-state index in [9.17, 15) is 0 Å². The molecule has 1 saturated carbocycles. The van der Waals surface area contributed by atoms with E-state index in [-0.39, 0.29) is 6.04 Å². The van der Waals surface area contributed by atoms with Gasteiger partial charge in [-0.3, -0.25) is 0 Å². The molecular weight excluding hydrogens is 166 g/mol. The van der Waals surface area contributed by atoms with Gasteiger partial charge in [-0.05, 0) is 19.3 Å². The van der Waals surface area contributed by atoms with Gasteiger partial charge < -0.3 is 10.3 Å². The van der Waals surface area contributed by atoms with Crippen molar-refractivity contribution in [3.8, 4) is 0 Å². The Hall–Kier alpha value is -0.900. The summed E-state index contributed by atoms with van der Waals surface area (Å²) in [6, 6.07) is -0.128. The van der Waals surface area contributed by atoms with Crippen LogP contribution in [0.4, 0.5) is 0 Å². The molecule has 4 heteroatoms. The molecule has 1 aromatic rings. The van der Waals surface area contributed by atoms with E-state index in [2.05, 4.69) is 17.1 Å². The monoisotopic (exact) mass is 181 g/mol. The third kappa shape index (κ3) is 1.58. The van der Waals surface area contributed by atoms with Crippen molar-refractivity contribution in [3.05, 3.63) is 11.7 Å². The van der Waals surface area contributed by atoms with E-state index >= 15 is 0 Å². The maximum atomic E-state index is 5.63. The minimum absolute atomic E-state index is 0.128. The zero-order valence-electron chi connectivity index (χ0n) is 8.03. The maximum Gasteiger partial charge on any atom is 0.230 e.